The van der Waals surface area contributed by atoms with E-state index in [0.717, 1.165) is 36.8 Å². The minimum atomic E-state index is -0.822. The van der Waals surface area contributed by atoms with Crippen molar-refractivity contribution >= 4 is 23.5 Å². The predicted octanol–water partition coefficient (Wildman–Crippen LogP) is 1.99. The topological polar surface area (TPSA) is 121 Å². The number of carbonyl (C=O) groups is 2. The van der Waals surface area contributed by atoms with E-state index in [9.17, 15) is 9.59 Å². The van der Waals surface area contributed by atoms with Crippen LogP contribution in [-0.2, 0) is 9.53 Å². The molecular formula is C20H23N6O3. The van der Waals surface area contributed by atoms with Crippen LogP contribution in [-0.4, -0.2) is 52.6 Å². The second kappa shape index (κ2) is 7.75. The fraction of sp³-hybridized carbons (Fsp3) is 0.450. The molecule has 2 aromatic heterocycles. The Bertz CT molecular complexity index is 955. The van der Waals surface area contributed by atoms with Gasteiger partial charge in [-0.05, 0) is 44.2 Å². The van der Waals surface area contributed by atoms with E-state index < -0.39 is 5.91 Å². The lowest BCUT2D eigenvalue weighted by molar-refractivity contribution is -0.115. The van der Waals surface area contributed by atoms with Crippen molar-refractivity contribution in [2.24, 2.45) is 0 Å². The lowest BCUT2D eigenvalue weighted by Gasteiger charge is -2.39. The van der Waals surface area contributed by atoms with E-state index in [1.165, 1.54) is 0 Å². The van der Waals surface area contributed by atoms with Gasteiger partial charge in [-0.1, -0.05) is 0 Å². The molecule has 2 amide bonds. The van der Waals surface area contributed by atoms with E-state index in [1.807, 2.05) is 11.8 Å². The van der Waals surface area contributed by atoms with Crippen molar-refractivity contribution in [2.75, 3.05) is 23.9 Å². The van der Waals surface area contributed by atoms with Crippen LogP contribution in [0.25, 0.3) is 11.3 Å². The standard InChI is InChI=1S/C20H23N6O3/c1-11-7-15(18(21)28)22-8-14(11)16-9-23-19-20(24-16)26(10-17(27)25-19)12-3-5-13(29-2)6-4-12/h7-9,12-13,21H,3-6,10H2,1-2H3,(H,23,25,27). The van der Waals surface area contributed by atoms with Crippen LogP contribution in [0.4, 0.5) is 11.6 Å². The number of aryl methyl sites for hydroxylation is 1. The summed E-state index contributed by atoms with van der Waals surface area (Å²) in [5.41, 5.74) is 9.46. The van der Waals surface area contributed by atoms with Gasteiger partial charge in [0.15, 0.2) is 11.6 Å². The lowest BCUT2D eigenvalue weighted by atomic mass is 9.91. The Morgan fingerprint density at radius 1 is 1.24 bits per heavy atom. The summed E-state index contributed by atoms with van der Waals surface area (Å²) in [6.07, 6.45) is 7.17. The van der Waals surface area contributed by atoms with Crippen molar-refractivity contribution in [2.45, 2.75) is 44.8 Å². The summed E-state index contributed by atoms with van der Waals surface area (Å²) < 4.78 is 5.46. The van der Waals surface area contributed by atoms with Crippen LogP contribution in [0.2, 0.25) is 0 Å². The summed E-state index contributed by atoms with van der Waals surface area (Å²) in [4.78, 5) is 38.8. The van der Waals surface area contributed by atoms with Gasteiger partial charge in [-0.15, -0.1) is 0 Å². The van der Waals surface area contributed by atoms with Crippen molar-refractivity contribution in [3.05, 3.63) is 29.7 Å². The molecule has 1 radical (unpaired) electrons. The molecule has 1 aliphatic carbocycles. The van der Waals surface area contributed by atoms with Gasteiger partial charge in [-0.3, -0.25) is 20.3 Å². The molecule has 2 aliphatic rings. The fourth-order valence-corrected chi connectivity index (χ4v) is 4.04. The van der Waals surface area contributed by atoms with Crippen LogP contribution >= 0.6 is 0 Å². The number of anilines is 2. The summed E-state index contributed by atoms with van der Waals surface area (Å²) in [5.74, 6) is 0.201. The Morgan fingerprint density at radius 3 is 2.66 bits per heavy atom. The monoisotopic (exact) mass is 395 g/mol. The molecule has 0 bridgehead atoms. The molecule has 1 fully saturated rings. The quantitative estimate of drug-likeness (QED) is 0.840. The number of methoxy groups -OCH3 is 1. The van der Waals surface area contributed by atoms with E-state index in [2.05, 4.69) is 15.3 Å². The normalized spacial score (nSPS) is 21.4. The molecule has 1 saturated carbocycles. The van der Waals surface area contributed by atoms with Gasteiger partial charge in [0.05, 0.1) is 24.5 Å². The summed E-state index contributed by atoms with van der Waals surface area (Å²) in [7, 11) is 1.74. The maximum absolute atomic E-state index is 12.2. The molecule has 3 heterocycles. The first-order valence-electron chi connectivity index (χ1n) is 9.65. The summed E-state index contributed by atoms with van der Waals surface area (Å²) >= 11 is 0. The molecule has 9 heteroatoms. The van der Waals surface area contributed by atoms with E-state index in [1.54, 1.807) is 25.6 Å². The Labute approximate surface area is 168 Å². The van der Waals surface area contributed by atoms with Crippen molar-refractivity contribution in [1.29, 1.82) is 0 Å². The molecule has 9 nitrogen and oxygen atoms in total. The van der Waals surface area contributed by atoms with Gasteiger partial charge in [0.25, 0.3) is 5.91 Å². The van der Waals surface area contributed by atoms with Crippen molar-refractivity contribution in [1.82, 2.24) is 20.7 Å². The number of pyridine rings is 1. The highest BCUT2D eigenvalue weighted by Crippen LogP contribution is 2.34. The SMILES string of the molecule is COC1CCC(N2CC(=O)Nc3ncc(-c4cnc(C([NH])=O)cc4C)nc32)CC1. The smallest absolute Gasteiger partial charge is 0.288 e. The second-order valence-electron chi connectivity index (χ2n) is 7.48. The third-order valence-corrected chi connectivity index (χ3v) is 5.64. The zero-order valence-corrected chi connectivity index (χ0v) is 16.4. The van der Waals surface area contributed by atoms with Crippen molar-refractivity contribution in [3.63, 3.8) is 0 Å². The Hall–Kier alpha value is -3.07. The number of fused-ring (bicyclic) bond motifs is 1. The molecule has 0 atom stereocenters. The number of hydrogen-bond acceptors (Lipinski definition) is 7. The predicted molar refractivity (Wildman–Crippen MR) is 106 cm³/mol. The molecule has 151 valence electrons. The van der Waals surface area contributed by atoms with E-state index in [-0.39, 0.29) is 30.3 Å². The zero-order chi connectivity index (χ0) is 20.5. The highest BCUT2D eigenvalue weighted by Gasteiger charge is 2.33. The number of hydrogen-bond donors (Lipinski definition) is 1. The molecule has 2 N–H and O–H groups in total. The average molecular weight is 395 g/mol. The van der Waals surface area contributed by atoms with E-state index in [0.29, 0.717) is 17.3 Å². The summed E-state index contributed by atoms with van der Waals surface area (Å²) in [6.45, 7) is 2.09. The van der Waals surface area contributed by atoms with Crippen molar-refractivity contribution in [3.8, 4) is 11.3 Å². The first-order chi connectivity index (χ1) is 14.0. The highest BCUT2D eigenvalue weighted by molar-refractivity contribution is 5.99. The minimum Gasteiger partial charge on any atom is -0.381 e. The number of rotatable bonds is 4. The number of carbonyl (C=O) groups excluding carboxylic acids is 2. The molecule has 0 aromatic carbocycles. The largest absolute Gasteiger partial charge is 0.381 e. The Morgan fingerprint density at radius 2 is 2.00 bits per heavy atom. The van der Waals surface area contributed by atoms with Crippen LogP contribution in [0.15, 0.2) is 18.5 Å². The lowest BCUT2D eigenvalue weighted by Crippen LogP contribution is -2.47. The number of nitrogens with zero attached hydrogens (tertiary/aromatic N) is 4. The molecule has 0 spiro atoms. The van der Waals surface area contributed by atoms with Crippen LogP contribution in [0.5, 0.6) is 0 Å². The van der Waals surface area contributed by atoms with E-state index >= 15 is 0 Å². The molecule has 0 unspecified atom stereocenters. The summed E-state index contributed by atoms with van der Waals surface area (Å²) in [5, 5.41) is 2.80. The van der Waals surface area contributed by atoms with Gasteiger partial charge in [-0.25, -0.2) is 9.97 Å². The van der Waals surface area contributed by atoms with Gasteiger partial charge < -0.3 is 15.0 Å². The van der Waals surface area contributed by atoms with Crippen LogP contribution < -0.4 is 16.0 Å². The van der Waals surface area contributed by atoms with Crippen LogP contribution in [0.3, 0.4) is 0 Å². The first kappa shape index (κ1) is 19.3. The van der Waals surface area contributed by atoms with Crippen LogP contribution in [0.1, 0.15) is 41.7 Å². The van der Waals surface area contributed by atoms with Gasteiger partial charge in [-0.2, -0.15) is 0 Å². The molecule has 4 rings (SSSR count). The second-order valence-corrected chi connectivity index (χ2v) is 7.48. The zero-order valence-electron chi connectivity index (χ0n) is 16.4. The number of ether oxygens (including phenoxy) is 1. The van der Waals surface area contributed by atoms with Gasteiger partial charge in [0, 0.05) is 24.9 Å². The van der Waals surface area contributed by atoms with Gasteiger partial charge in [0.1, 0.15) is 5.69 Å². The Kier molecular flexibility index (Phi) is 5.14. The number of aromatic nitrogens is 3. The fourth-order valence-electron chi connectivity index (χ4n) is 4.04. The van der Waals surface area contributed by atoms with Gasteiger partial charge >= 0.3 is 0 Å². The molecule has 0 saturated heterocycles. The first-order valence-corrected chi connectivity index (χ1v) is 9.65. The van der Waals surface area contributed by atoms with Crippen LogP contribution in [0, 0.1) is 6.92 Å². The molecule has 1 aliphatic heterocycles. The maximum atomic E-state index is 12.2. The average Bonchev–Trinajstić information content (AvgIpc) is 2.73. The number of nitrogens with one attached hydrogen (secondary N) is 2. The van der Waals surface area contributed by atoms with Gasteiger partial charge in [0.2, 0.25) is 5.91 Å². The highest BCUT2D eigenvalue weighted by atomic mass is 16.5. The number of amides is 2. The molecule has 2 aromatic rings. The van der Waals surface area contributed by atoms with Crippen molar-refractivity contribution < 1.29 is 14.3 Å². The third kappa shape index (κ3) is 3.77. The molecule has 29 heavy (non-hydrogen) atoms. The maximum Gasteiger partial charge on any atom is 0.288 e. The summed E-state index contributed by atoms with van der Waals surface area (Å²) in [6, 6.07) is 1.79. The minimum absolute atomic E-state index is 0.0930. The van der Waals surface area contributed by atoms with E-state index in [4.69, 9.17) is 15.5 Å². The Balaban J connectivity index is 1.68. The molecular weight excluding hydrogens is 372 g/mol. The third-order valence-electron chi connectivity index (χ3n) is 5.64.